The molecule has 1 saturated heterocycles. The molecule has 3 rings (SSSR count). The minimum absolute atomic E-state index is 0.00103. The number of oxime groups is 1. The molecule has 4 nitrogen and oxygen atoms in total. The van der Waals surface area contributed by atoms with Crippen LogP contribution >= 0.6 is 0 Å². The summed E-state index contributed by atoms with van der Waals surface area (Å²) in [6, 6.07) is 0. The minimum Gasteiger partial charge on any atom is -0.387 e. The first kappa shape index (κ1) is 22.9. The lowest BCUT2D eigenvalue weighted by Crippen LogP contribution is -2.40. The Bertz CT molecular complexity index is 667. The zero-order valence-corrected chi connectivity index (χ0v) is 18.6. The Labute approximate surface area is 183 Å². The molecule has 3 aliphatic rings. The number of likely N-dealkylation sites (tertiary alicyclic amines) is 1. The molecular formula is C25H37BN2O2. The quantitative estimate of drug-likeness (QED) is 0.446. The van der Waals surface area contributed by atoms with Gasteiger partial charge in [-0.15, -0.1) is 0 Å². The summed E-state index contributed by atoms with van der Waals surface area (Å²) in [5.74, 6) is 2.25. The molecule has 162 valence electrons. The number of rotatable bonds is 6. The van der Waals surface area contributed by atoms with Crippen molar-refractivity contribution in [3.63, 3.8) is 0 Å². The van der Waals surface area contributed by atoms with Crippen molar-refractivity contribution >= 4 is 19.5 Å². The Hall–Kier alpha value is -1.78. The van der Waals surface area contributed by atoms with Crippen LogP contribution in [0.25, 0.3) is 0 Å². The Morgan fingerprint density at radius 2 is 1.80 bits per heavy atom. The number of carbonyl (C=O) groups excluding carboxylic acids is 1. The van der Waals surface area contributed by atoms with Crippen molar-refractivity contribution < 1.29 is 9.63 Å². The SMILES string of the molecule is [B]CC(=O)N1CCC(C2CCCC(C3=NOC(C(=C)/C=C\C=C/C)C3)CCC2)CC1. The second kappa shape index (κ2) is 11.6. The molecule has 0 spiro atoms. The van der Waals surface area contributed by atoms with Gasteiger partial charge >= 0.3 is 0 Å². The molecule has 0 N–H and O–H groups in total. The maximum Gasteiger partial charge on any atom is 0.213 e. The van der Waals surface area contributed by atoms with E-state index in [2.05, 4.69) is 11.7 Å². The summed E-state index contributed by atoms with van der Waals surface area (Å²) in [5.41, 5.74) is 2.24. The van der Waals surface area contributed by atoms with Gasteiger partial charge in [-0.2, -0.15) is 0 Å². The van der Waals surface area contributed by atoms with Gasteiger partial charge in [0.2, 0.25) is 5.91 Å². The van der Waals surface area contributed by atoms with Crippen LogP contribution in [0.4, 0.5) is 0 Å². The number of piperidine rings is 1. The highest BCUT2D eigenvalue weighted by Crippen LogP contribution is 2.37. The minimum atomic E-state index is 0.00103. The Kier molecular flexibility index (Phi) is 8.83. The highest BCUT2D eigenvalue weighted by Gasteiger charge is 2.32. The summed E-state index contributed by atoms with van der Waals surface area (Å²) in [5, 5.41) is 4.46. The molecule has 1 atom stereocenters. The van der Waals surface area contributed by atoms with Gasteiger partial charge in [0.15, 0.2) is 6.10 Å². The van der Waals surface area contributed by atoms with Crippen LogP contribution in [-0.2, 0) is 9.63 Å². The number of nitrogens with zero attached hydrogens (tertiary/aromatic N) is 2. The summed E-state index contributed by atoms with van der Waals surface area (Å²) in [6.45, 7) is 7.94. The predicted molar refractivity (Wildman–Crippen MR) is 125 cm³/mol. The molecule has 0 bridgehead atoms. The third-order valence-electron chi connectivity index (χ3n) is 7.18. The maximum atomic E-state index is 11.8. The second-order valence-corrected chi connectivity index (χ2v) is 9.08. The molecule has 2 fully saturated rings. The highest BCUT2D eigenvalue weighted by atomic mass is 16.6. The zero-order valence-electron chi connectivity index (χ0n) is 18.6. The van der Waals surface area contributed by atoms with E-state index in [1.807, 2.05) is 36.1 Å². The highest BCUT2D eigenvalue weighted by molar-refractivity contribution is 6.19. The monoisotopic (exact) mass is 408 g/mol. The van der Waals surface area contributed by atoms with Crippen LogP contribution in [0, 0.1) is 17.8 Å². The van der Waals surface area contributed by atoms with Gasteiger partial charge in [0.1, 0.15) is 0 Å². The lowest BCUT2D eigenvalue weighted by atomic mass is 9.75. The van der Waals surface area contributed by atoms with Gasteiger partial charge in [-0.05, 0) is 56.3 Å². The fourth-order valence-electron chi connectivity index (χ4n) is 5.33. The van der Waals surface area contributed by atoms with E-state index in [9.17, 15) is 4.79 Å². The average molecular weight is 408 g/mol. The Morgan fingerprint density at radius 1 is 1.13 bits per heavy atom. The van der Waals surface area contributed by atoms with Gasteiger partial charge in [-0.1, -0.05) is 61.7 Å². The van der Waals surface area contributed by atoms with Crippen LogP contribution in [0.1, 0.15) is 64.7 Å². The molecular weight excluding hydrogens is 371 g/mol. The standard InChI is InChI=1S/C25H37BN2O2/c1-3-4-5-8-19(2)24-17-23(27-30-24)22-11-6-9-20(10-7-12-22)21-13-15-28(16-14-21)25(29)18-26/h3-5,8,20-22,24H,2,6-7,9-18H2,1H3/b4-3-,8-5-. The third kappa shape index (κ3) is 6.12. The lowest BCUT2D eigenvalue weighted by molar-refractivity contribution is -0.130. The van der Waals surface area contributed by atoms with Gasteiger partial charge in [0.25, 0.3) is 0 Å². The average Bonchev–Trinajstić information content (AvgIpc) is 3.24. The Balaban J connectivity index is 1.43. The van der Waals surface area contributed by atoms with Crippen LogP contribution < -0.4 is 0 Å². The van der Waals surface area contributed by atoms with Crippen molar-refractivity contribution in [2.45, 2.75) is 77.1 Å². The van der Waals surface area contributed by atoms with E-state index in [1.165, 1.54) is 44.2 Å². The van der Waals surface area contributed by atoms with Crippen molar-refractivity contribution in [1.29, 1.82) is 0 Å². The summed E-state index contributed by atoms with van der Waals surface area (Å²) >= 11 is 0. The normalized spacial score (nSPS) is 28.9. The van der Waals surface area contributed by atoms with E-state index in [-0.39, 0.29) is 18.3 Å². The summed E-state index contributed by atoms with van der Waals surface area (Å²) in [6.07, 6.45) is 19.0. The number of hydrogen-bond donors (Lipinski definition) is 0. The van der Waals surface area contributed by atoms with Crippen molar-refractivity contribution in [2.24, 2.45) is 22.9 Å². The molecule has 2 aliphatic heterocycles. The second-order valence-electron chi connectivity index (χ2n) is 9.08. The molecule has 5 heteroatoms. The van der Waals surface area contributed by atoms with Crippen LogP contribution in [0.5, 0.6) is 0 Å². The number of amides is 1. The first-order valence-electron chi connectivity index (χ1n) is 11.8. The molecule has 0 aromatic rings. The summed E-state index contributed by atoms with van der Waals surface area (Å²) in [4.78, 5) is 19.5. The molecule has 1 amide bonds. The van der Waals surface area contributed by atoms with Gasteiger partial charge in [-0.25, -0.2) is 0 Å². The van der Waals surface area contributed by atoms with Gasteiger partial charge in [-0.3, -0.25) is 4.79 Å². The number of allylic oxidation sites excluding steroid dienone is 3. The van der Waals surface area contributed by atoms with Crippen LogP contribution in [0.2, 0.25) is 6.32 Å². The van der Waals surface area contributed by atoms with E-state index in [4.69, 9.17) is 12.7 Å². The molecule has 0 aromatic heterocycles. The fraction of sp³-hybridized carbons (Fsp3) is 0.680. The van der Waals surface area contributed by atoms with E-state index in [1.54, 1.807) is 0 Å². The largest absolute Gasteiger partial charge is 0.387 e. The molecule has 1 saturated carbocycles. The van der Waals surface area contributed by atoms with Crippen LogP contribution in [0.15, 0.2) is 41.6 Å². The predicted octanol–water partition coefficient (Wildman–Crippen LogP) is 5.23. The van der Waals surface area contributed by atoms with E-state index >= 15 is 0 Å². The maximum absolute atomic E-state index is 11.8. The molecule has 1 unspecified atom stereocenters. The van der Waals surface area contributed by atoms with Crippen molar-refractivity contribution in [3.8, 4) is 0 Å². The van der Waals surface area contributed by atoms with Crippen molar-refractivity contribution in [2.75, 3.05) is 13.1 Å². The number of hydrogen-bond acceptors (Lipinski definition) is 3. The molecule has 2 radical (unpaired) electrons. The Morgan fingerprint density at radius 3 is 2.43 bits per heavy atom. The van der Waals surface area contributed by atoms with E-state index in [0.29, 0.717) is 5.92 Å². The third-order valence-corrected chi connectivity index (χ3v) is 7.18. The van der Waals surface area contributed by atoms with Crippen LogP contribution in [0.3, 0.4) is 0 Å². The summed E-state index contributed by atoms with van der Waals surface area (Å²) < 4.78 is 0. The summed E-state index contributed by atoms with van der Waals surface area (Å²) in [7, 11) is 5.51. The van der Waals surface area contributed by atoms with Gasteiger partial charge < -0.3 is 9.74 Å². The smallest absolute Gasteiger partial charge is 0.213 e. The zero-order chi connectivity index (χ0) is 21.3. The van der Waals surface area contributed by atoms with Crippen molar-refractivity contribution in [3.05, 3.63) is 36.5 Å². The van der Waals surface area contributed by atoms with E-state index < -0.39 is 0 Å². The first-order valence-corrected chi connectivity index (χ1v) is 11.8. The van der Waals surface area contributed by atoms with E-state index in [0.717, 1.165) is 49.8 Å². The van der Waals surface area contributed by atoms with Gasteiger partial charge in [0.05, 0.1) is 13.6 Å². The van der Waals surface area contributed by atoms with Gasteiger partial charge in [0, 0.05) is 25.4 Å². The molecule has 30 heavy (non-hydrogen) atoms. The topological polar surface area (TPSA) is 41.9 Å². The lowest BCUT2D eigenvalue weighted by Gasteiger charge is -2.37. The molecule has 0 aromatic carbocycles. The molecule has 2 heterocycles. The first-order chi connectivity index (χ1) is 14.6. The van der Waals surface area contributed by atoms with Crippen molar-refractivity contribution in [1.82, 2.24) is 4.90 Å². The molecule has 1 aliphatic carbocycles. The number of carbonyl (C=O) groups is 1. The van der Waals surface area contributed by atoms with Crippen LogP contribution in [-0.4, -0.2) is 43.6 Å². The fourth-order valence-corrected chi connectivity index (χ4v) is 5.33.